The summed E-state index contributed by atoms with van der Waals surface area (Å²) in [4.78, 5) is 25.2. The van der Waals surface area contributed by atoms with Crippen LogP contribution in [0.2, 0.25) is 5.02 Å². The van der Waals surface area contributed by atoms with Gasteiger partial charge in [-0.05, 0) is 55.0 Å². The van der Waals surface area contributed by atoms with E-state index in [0.717, 1.165) is 10.0 Å². The fourth-order valence-corrected chi connectivity index (χ4v) is 3.64. The van der Waals surface area contributed by atoms with E-state index in [1.807, 2.05) is 24.3 Å². The summed E-state index contributed by atoms with van der Waals surface area (Å²) in [5, 5.41) is 0.307. The predicted octanol–water partition coefficient (Wildman–Crippen LogP) is 6.25. The van der Waals surface area contributed by atoms with Gasteiger partial charge in [0.2, 0.25) is 5.78 Å². The lowest BCUT2D eigenvalue weighted by Gasteiger charge is -2.10. The van der Waals surface area contributed by atoms with Crippen molar-refractivity contribution in [3.05, 3.63) is 98.2 Å². The minimum absolute atomic E-state index is 0.216. The summed E-state index contributed by atoms with van der Waals surface area (Å²) in [6, 6.07) is 17.4. The molecule has 6 heteroatoms. The highest BCUT2D eigenvalue weighted by Gasteiger charge is 2.30. The molecule has 0 radical (unpaired) electrons. The quantitative estimate of drug-likeness (QED) is 0.259. The Labute approximate surface area is 180 Å². The molecule has 0 atom stereocenters. The molecule has 0 unspecified atom stereocenters. The maximum absolute atomic E-state index is 12.7. The molecule has 29 heavy (non-hydrogen) atoms. The van der Waals surface area contributed by atoms with E-state index in [-0.39, 0.29) is 17.1 Å². The molecular weight excluding hydrogens is 456 g/mol. The van der Waals surface area contributed by atoms with Crippen LogP contribution in [0.5, 0.6) is 11.5 Å². The lowest BCUT2D eigenvalue weighted by atomic mass is 10.1. The van der Waals surface area contributed by atoms with E-state index >= 15 is 0 Å². The van der Waals surface area contributed by atoms with Crippen LogP contribution in [0.4, 0.5) is 0 Å². The molecule has 0 spiro atoms. The smallest absolute Gasteiger partial charge is 0.345 e. The van der Waals surface area contributed by atoms with Gasteiger partial charge >= 0.3 is 5.97 Å². The minimum Gasteiger partial charge on any atom is -0.452 e. The van der Waals surface area contributed by atoms with Crippen LogP contribution in [-0.2, 0) is 0 Å². The van der Waals surface area contributed by atoms with Crippen LogP contribution >= 0.6 is 27.5 Å². The van der Waals surface area contributed by atoms with Gasteiger partial charge in [-0.3, -0.25) is 4.79 Å². The van der Waals surface area contributed by atoms with Crippen LogP contribution in [0.1, 0.15) is 31.8 Å². The summed E-state index contributed by atoms with van der Waals surface area (Å²) in [5.41, 5.74) is 2.09. The molecule has 0 aromatic heterocycles. The molecular formula is C23H14BrClO4. The van der Waals surface area contributed by atoms with E-state index in [0.29, 0.717) is 27.6 Å². The van der Waals surface area contributed by atoms with Gasteiger partial charge in [0.1, 0.15) is 11.5 Å². The summed E-state index contributed by atoms with van der Waals surface area (Å²) in [7, 11) is 0. The molecule has 0 bridgehead atoms. The van der Waals surface area contributed by atoms with Gasteiger partial charge in [0.25, 0.3) is 0 Å². The fourth-order valence-electron chi connectivity index (χ4n) is 3.01. The molecule has 0 fully saturated rings. The van der Waals surface area contributed by atoms with Gasteiger partial charge in [-0.2, -0.15) is 0 Å². The minimum atomic E-state index is -0.576. The molecule has 0 N–H and O–H groups in total. The predicted molar refractivity (Wildman–Crippen MR) is 115 cm³/mol. The van der Waals surface area contributed by atoms with Crippen LogP contribution in [-0.4, -0.2) is 11.8 Å². The molecule has 4 nitrogen and oxygen atoms in total. The molecule has 1 aliphatic heterocycles. The van der Waals surface area contributed by atoms with Gasteiger partial charge in [-0.1, -0.05) is 51.8 Å². The Kier molecular flexibility index (Phi) is 5.26. The van der Waals surface area contributed by atoms with E-state index in [4.69, 9.17) is 21.1 Å². The van der Waals surface area contributed by atoms with E-state index in [2.05, 4.69) is 15.9 Å². The third kappa shape index (κ3) is 3.84. The monoisotopic (exact) mass is 468 g/mol. The standard InChI is InChI=1S/C23H14BrClO4/c1-13-19(29-23(27)16-7-2-3-8-18(16)25)10-9-17-21(26)20(28-22(13)17)12-14-5-4-6-15(24)11-14/h2-12H,1H3/b20-12-. The average molecular weight is 470 g/mol. The molecule has 3 aromatic rings. The van der Waals surface area contributed by atoms with Gasteiger partial charge in [0.15, 0.2) is 5.76 Å². The van der Waals surface area contributed by atoms with Gasteiger partial charge in [-0.25, -0.2) is 4.79 Å². The van der Waals surface area contributed by atoms with Crippen molar-refractivity contribution in [1.82, 2.24) is 0 Å². The molecule has 144 valence electrons. The van der Waals surface area contributed by atoms with Gasteiger partial charge in [0.05, 0.1) is 16.1 Å². The number of carbonyl (C=O) groups is 2. The van der Waals surface area contributed by atoms with Crippen LogP contribution in [0.3, 0.4) is 0 Å². The second-order valence-electron chi connectivity index (χ2n) is 6.43. The largest absolute Gasteiger partial charge is 0.452 e. The number of esters is 1. The molecule has 0 saturated heterocycles. The van der Waals surface area contributed by atoms with Crippen molar-refractivity contribution in [1.29, 1.82) is 0 Å². The molecule has 0 aliphatic carbocycles. The third-order valence-corrected chi connectivity index (χ3v) is 5.30. The first-order chi connectivity index (χ1) is 13.9. The summed E-state index contributed by atoms with van der Waals surface area (Å²) in [6.07, 6.45) is 1.68. The lowest BCUT2D eigenvalue weighted by molar-refractivity contribution is 0.0733. The Morgan fingerprint density at radius 3 is 2.66 bits per heavy atom. The number of ketones is 1. The number of rotatable bonds is 3. The topological polar surface area (TPSA) is 52.6 Å². The normalized spacial score (nSPS) is 13.9. The maximum atomic E-state index is 12.7. The Hall–Kier alpha value is -2.89. The summed E-state index contributed by atoms with van der Waals surface area (Å²) in [6.45, 7) is 1.74. The van der Waals surface area contributed by atoms with Crippen LogP contribution < -0.4 is 9.47 Å². The third-order valence-electron chi connectivity index (χ3n) is 4.48. The number of benzene rings is 3. The summed E-state index contributed by atoms with van der Waals surface area (Å²) in [5.74, 6) is 0.126. The zero-order chi connectivity index (χ0) is 20.5. The van der Waals surface area contributed by atoms with E-state index in [1.165, 1.54) is 0 Å². The molecule has 1 aliphatic rings. The van der Waals surface area contributed by atoms with Crippen molar-refractivity contribution < 1.29 is 19.1 Å². The van der Waals surface area contributed by atoms with Crippen LogP contribution in [0.15, 0.2) is 70.9 Å². The van der Waals surface area contributed by atoms with E-state index in [1.54, 1.807) is 49.4 Å². The van der Waals surface area contributed by atoms with Crippen molar-refractivity contribution in [3.8, 4) is 11.5 Å². The highest BCUT2D eigenvalue weighted by Crippen LogP contribution is 2.39. The van der Waals surface area contributed by atoms with Gasteiger partial charge in [0, 0.05) is 10.0 Å². The van der Waals surface area contributed by atoms with Crippen molar-refractivity contribution in [3.63, 3.8) is 0 Å². The second kappa shape index (κ2) is 7.85. The number of carbonyl (C=O) groups excluding carboxylic acids is 2. The van der Waals surface area contributed by atoms with Gasteiger partial charge in [-0.15, -0.1) is 0 Å². The Bertz CT molecular complexity index is 1180. The SMILES string of the molecule is Cc1c(OC(=O)c2ccccc2Cl)ccc2c1O/C(=C\c1cccc(Br)c1)C2=O. The fraction of sp³-hybridized carbons (Fsp3) is 0.0435. The first-order valence-electron chi connectivity index (χ1n) is 8.74. The molecule has 0 saturated carbocycles. The van der Waals surface area contributed by atoms with Gasteiger partial charge < -0.3 is 9.47 Å². The molecule has 3 aromatic carbocycles. The van der Waals surface area contributed by atoms with Crippen LogP contribution in [0.25, 0.3) is 6.08 Å². The maximum Gasteiger partial charge on any atom is 0.345 e. The number of ether oxygens (including phenoxy) is 2. The van der Waals surface area contributed by atoms with Crippen LogP contribution in [0, 0.1) is 6.92 Å². The van der Waals surface area contributed by atoms with Crippen molar-refractivity contribution in [2.45, 2.75) is 6.92 Å². The number of hydrogen-bond donors (Lipinski definition) is 0. The van der Waals surface area contributed by atoms with E-state index in [9.17, 15) is 9.59 Å². The van der Waals surface area contributed by atoms with Crippen molar-refractivity contribution >= 4 is 45.4 Å². The first kappa shape index (κ1) is 19.4. The zero-order valence-corrected chi connectivity index (χ0v) is 17.6. The Morgan fingerprint density at radius 1 is 1.10 bits per heavy atom. The summed E-state index contributed by atoms with van der Waals surface area (Å²) < 4.78 is 12.2. The lowest BCUT2D eigenvalue weighted by Crippen LogP contribution is -2.10. The first-order valence-corrected chi connectivity index (χ1v) is 9.91. The van der Waals surface area contributed by atoms with Crippen molar-refractivity contribution in [2.75, 3.05) is 0 Å². The highest BCUT2D eigenvalue weighted by atomic mass is 79.9. The average Bonchev–Trinajstić information content (AvgIpc) is 3.01. The van der Waals surface area contributed by atoms with Crippen molar-refractivity contribution in [2.24, 2.45) is 0 Å². The summed E-state index contributed by atoms with van der Waals surface area (Å²) >= 11 is 9.47. The second-order valence-corrected chi connectivity index (χ2v) is 7.75. The molecule has 0 amide bonds. The number of Topliss-reactive ketones (excluding diaryl/α,β-unsaturated/α-hetero) is 1. The Balaban J connectivity index is 1.63. The number of allylic oxidation sites excluding steroid dienone is 1. The number of hydrogen-bond acceptors (Lipinski definition) is 4. The Morgan fingerprint density at radius 2 is 1.90 bits per heavy atom. The highest BCUT2D eigenvalue weighted by molar-refractivity contribution is 9.10. The molecule has 1 heterocycles. The molecule has 4 rings (SSSR count). The number of fused-ring (bicyclic) bond motifs is 1. The van der Waals surface area contributed by atoms with E-state index < -0.39 is 5.97 Å². The number of halogens is 2. The zero-order valence-electron chi connectivity index (χ0n) is 15.2.